The summed E-state index contributed by atoms with van der Waals surface area (Å²) in [4.78, 5) is 13.7. The Bertz CT molecular complexity index is 474. The quantitative estimate of drug-likeness (QED) is 0.826. The fourth-order valence-electron chi connectivity index (χ4n) is 2.23. The molecule has 0 atom stereocenters. The van der Waals surface area contributed by atoms with Gasteiger partial charge in [-0.2, -0.15) is 0 Å². The number of benzene rings is 1. The van der Waals surface area contributed by atoms with Crippen LogP contribution in [0, 0.1) is 5.82 Å². The highest BCUT2D eigenvalue weighted by Gasteiger charge is 2.37. The summed E-state index contributed by atoms with van der Waals surface area (Å²) in [6, 6.07) is 4.39. The van der Waals surface area contributed by atoms with Crippen molar-refractivity contribution in [1.29, 1.82) is 0 Å². The van der Waals surface area contributed by atoms with Crippen LogP contribution in [0.5, 0.6) is 0 Å². The van der Waals surface area contributed by atoms with Crippen molar-refractivity contribution in [2.45, 2.75) is 26.0 Å². The molecule has 1 aliphatic rings. The van der Waals surface area contributed by atoms with Crippen LogP contribution in [-0.2, 0) is 11.4 Å². The minimum Gasteiger partial charge on any atom is -0.392 e. The zero-order chi connectivity index (χ0) is 13.3. The topological polar surface area (TPSA) is 52.6 Å². The van der Waals surface area contributed by atoms with Crippen LogP contribution < -0.4 is 10.2 Å². The predicted molar refractivity (Wildman–Crippen MR) is 66.8 cm³/mol. The van der Waals surface area contributed by atoms with Gasteiger partial charge >= 0.3 is 0 Å². The average Bonchev–Trinajstić information content (AvgIpc) is 2.31. The molecule has 0 radical (unpaired) electrons. The van der Waals surface area contributed by atoms with Gasteiger partial charge in [0.1, 0.15) is 11.4 Å². The van der Waals surface area contributed by atoms with Gasteiger partial charge in [0, 0.05) is 18.8 Å². The number of rotatable bonds is 2. The summed E-state index contributed by atoms with van der Waals surface area (Å²) in [6.07, 6.45) is 0. The molecule has 0 spiro atoms. The van der Waals surface area contributed by atoms with Crippen LogP contribution >= 0.6 is 0 Å². The van der Waals surface area contributed by atoms with Crippen molar-refractivity contribution in [3.05, 3.63) is 29.6 Å². The summed E-state index contributed by atoms with van der Waals surface area (Å²) in [6.45, 7) is 4.53. The zero-order valence-corrected chi connectivity index (χ0v) is 10.5. The van der Waals surface area contributed by atoms with Crippen molar-refractivity contribution in [3.63, 3.8) is 0 Å². The van der Waals surface area contributed by atoms with Gasteiger partial charge in [0.05, 0.1) is 6.61 Å². The molecule has 1 heterocycles. The van der Waals surface area contributed by atoms with Gasteiger partial charge in [-0.25, -0.2) is 4.39 Å². The van der Waals surface area contributed by atoms with E-state index in [1.807, 2.05) is 4.90 Å². The zero-order valence-electron chi connectivity index (χ0n) is 10.5. The minimum absolute atomic E-state index is 0.0800. The molecule has 0 saturated carbocycles. The van der Waals surface area contributed by atoms with Gasteiger partial charge in [0.2, 0.25) is 5.91 Å². The van der Waals surface area contributed by atoms with Crippen LogP contribution in [0.2, 0.25) is 0 Å². The number of carbonyl (C=O) groups excluding carboxylic acids is 1. The molecule has 0 bridgehead atoms. The van der Waals surface area contributed by atoms with Gasteiger partial charge in [-0.3, -0.25) is 4.79 Å². The smallest absolute Gasteiger partial charge is 0.245 e. The molecular weight excluding hydrogens is 235 g/mol. The standard InChI is InChI=1S/C13H17FN2O2/c1-13(2)12(18)15-3-4-16(13)11-6-9(8-17)5-10(14)7-11/h5-7,17H,3-4,8H2,1-2H3,(H,15,18). The first-order chi connectivity index (χ1) is 8.45. The average molecular weight is 252 g/mol. The van der Waals surface area contributed by atoms with Crippen LogP contribution in [0.3, 0.4) is 0 Å². The maximum atomic E-state index is 13.5. The van der Waals surface area contributed by atoms with Crippen LogP contribution in [0.4, 0.5) is 10.1 Å². The first-order valence-corrected chi connectivity index (χ1v) is 5.91. The molecule has 1 aliphatic heterocycles. The fraction of sp³-hybridized carbons (Fsp3) is 0.462. The molecule has 0 unspecified atom stereocenters. The Morgan fingerprint density at radius 1 is 1.44 bits per heavy atom. The Kier molecular flexibility index (Phi) is 3.26. The number of anilines is 1. The SMILES string of the molecule is CC1(C)C(=O)NCCN1c1cc(F)cc(CO)c1. The van der Waals surface area contributed by atoms with Crippen LogP contribution in [0.1, 0.15) is 19.4 Å². The number of aliphatic hydroxyl groups is 1. The lowest BCUT2D eigenvalue weighted by atomic mass is 9.97. The van der Waals surface area contributed by atoms with E-state index in [0.29, 0.717) is 24.3 Å². The third kappa shape index (κ3) is 2.18. The number of piperazine rings is 1. The monoisotopic (exact) mass is 252 g/mol. The largest absolute Gasteiger partial charge is 0.392 e. The first-order valence-electron chi connectivity index (χ1n) is 5.91. The van der Waals surface area contributed by atoms with E-state index in [4.69, 9.17) is 5.11 Å². The number of halogens is 1. The Balaban J connectivity index is 2.41. The lowest BCUT2D eigenvalue weighted by Crippen LogP contribution is -2.62. The summed E-state index contributed by atoms with van der Waals surface area (Å²) in [5.41, 5.74) is 0.407. The number of hydrogen-bond acceptors (Lipinski definition) is 3. The van der Waals surface area contributed by atoms with Gasteiger partial charge in [0.25, 0.3) is 0 Å². The second-order valence-electron chi connectivity index (χ2n) is 4.94. The summed E-state index contributed by atoms with van der Waals surface area (Å²) in [7, 11) is 0. The summed E-state index contributed by atoms with van der Waals surface area (Å²) in [5.74, 6) is -0.484. The van der Waals surface area contributed by atoms with E-state index in [2.05, 4.69) is 5.32 Å². The van der Waals surface area contributed by atoms with Crippen molar-refractivity contribution in [1.82, 2.24) is 5.32 Å². The van der Waals surface area contributed by atoms with Gasteiger partial charge in [-0.1, -0.05) is 0 Å². The van der Waals surface area contributed by atoms with E-state index in [0.717, 1.165) is 0 Å². The van der Waals surface area contributed by atoms with E-state index < -0.39 is 11.4 Å². The van der Waals surface area contributed by atoms with E-state index >= 15 is 0 Å². The third-order valence-corrected chi connectivity index (χ3v) is 3.29. The summed E-state index contributed by atoms with van der Waals surface area (Å²) in [5, 5.41) is 11.9. The third-order valence-electron chi connectivity index (χ3n) is 3.29. The highest BCUT2D eigenvalue weighted by atomic mass is 19.1. The molecule has 98 valence electrons. The molecule has 2 N–H and O–H groups in total. The van der Waals surface area contributed by atoms with E-state index in [9.17, 15) is 9.18 Å². The first kappa shape index (κ1) is 12.8. The molecule has 4 nitrogen and oxygen atoms in total. The van der Waals surface area contributed by atoms with Gasteiger partial charge in [-0.15, -0.1) is 0 Å². The van der Waals surface area contributed by atoms with Gasteiger partial charge in [0.15, 0.2) is 0 Å². The number of nitrogens with one attached hydrogen (secondary N) is 1. The van der Waals surface area contributed by atoms with E-state index in [1.54, 1.807) is 19.9 Å². The number of hydrogen-bond donors (Lipinski definition) is 2. The number of amides is 1. The minimum atomic E-state index is -0.723. The molecular formula is C13H17FN2O2. The molecule has 2 rings (SSSR count). The maximum Gasteiger partial charge on any atom is 0.245 e. The Morgan fingerprint density at radius 2 is 2.17 bits per heavy atom. The normalized spacial score (nSPS) is 18.7. The molecule has 1 amide bonds. The van der Waals surface area contributed by atoms with Crippen molar-refractivity contribution in [2.75, 3.05) is 18.0 Å². The Morgan fingerprint density at radius 3 is 2.83 bits per heavy atom. The highest BCUT2D eigenvalue weighted by Crippen LogP contribution is 2.27. The lowest BCUT2D eigenvalue weighted by molar-refractivity contribution is -0.126. The van der Waals surface area contributed by atoms with Crippen molar-refractivity contribution >= 4 is 11.6 Å². The van der Waals surface area contributed by atoms with Crippen molar-refractivity contribution in [2.24, 2.45) is 0 Å². The van der Waals surface area contributed by atoms with Crippen LogP contribution in [0.15, 0.2) is 18.2 Å². The molecule has 1 saturated heterocycles. The molecule has 0 aliphatic carbocycles. The second kappa shape index (κ2) is 4.57. The van der Waals surface area contributed by atoms with E-state index in [1.165, 1.54) is 12.1 Å². The Hall–Kier alpha value is -1.62. The molecule has 1 aromatic carbocycles. The highest BCUT2D eigenvalue weighted by molar-refractivity contribution is 5.90. The summed E-state index contributed by atoms with van der Waals surface area (Å²) < 4.78 is 13.5. The molecule has 0 aromatic heterocycles. The van der Waals surface area contributed by atoms with Crippen LogP contribution in [-0.4, -0.2) is 29.6 Å². The molecule has 5 heteroatoms. The molecule has 18 heavy (non-hydrogen) atoms. The van der Waals surface area contributed by atoms with Gasteiger partial charge < -0.3 is 15.3 Å². The van der Waals surface area contributed by atoms with Crippen molar-refractivity contribution < 1.29 is 14.3 Å². The maximum absolute atomic E-state index is 13.5. The van der Waals surface area contributed by atoms with Gasteiger partial charge in [-0.05, 0) is 37.6 Å². The van der Waals surface area contributed by atoms with Crippen molar-refractivity contribution in [3.8, 4) is 0 Å². The van der Waals surface area contributed by atoms with E-state index in [-0.39, 0.29) is 12.5 Å². The lowest BCUT2D eigenvalue weighted by Gasteiger charge is -2.43. The number of carbonyl (C=O) groups is 1. The summed E-state index contributed by atoms with van der Waals surface area (Å²) >= 11 is 0. The number of nitrogens with zero attached hydrogens (tertiary/aromatic N) is 1. The number of aliphatic hydroxyl groups excluding tert-OH is 1. The Labute approximate surface area is 105 Å². The van der Waals surface area contributed by atoms with Crippen LogP contribution in [0.25, 0.3) is 0 Å². The predicted octanol–water partition coefficient (Wildman–Crippen LogP) is 1.03. The fourth-order valence-corrected chi connectivity index (χ4v) is 2.23. The molecule has 1 aromatic rings. The second-order valence-corrected chi connectivity index (χ2v) is 4.94. The molecule has 1 fully saturated rings.